The number of nitrogens with zero attached hydrogens (tertiary/aromatic N) is 5. The molecule has 0 unspecified atom stereocenters. The summed E-state index contributed by atoms with van der Waals surface area (Å²) in [5.74, 6) is 1.48. The standard InChI is InChI=1S/C22H33N5O2/c1-17(2)21-23-22(24-29-21)27-11-9-19(20(28)16-27)26-14-12-25(13-15-26)10-8-18-6-4-3-5-7-18/h3-7,17,19-20,28H,8-16H2,1-2H3/t19-,20-/m1/s1. The lowest BCUT2D eigenvalue weighted by molar-refractivity contribution is 0.00949. The van der Waals surface area contributed by atoms with Crippen molar-refractivity contribution in [2.45, 2.75) is 44.8 Å². The second kappa shape index (κ2) is 9.24. The number of hydrogen-bond donors (Lipinski definition) is 1. The van der Waals surface area contributed by atoms with Crippen LogP contribution in [-0.2, 0) is 6.42 Å². The van der Waals surface area contributed by atoms with Crippen LogP contribution < -0.4 is 4.90 Å². The van der Waals surface area contributed by atoms with Crippen LogP contribution in [0.1, 0.15) is 37.6 Å². The molecule has 0 saturated carbocycles. The van der Waals surface area contributed by atoms with Gasteiger partial charge in [0.05, 0.1) is 6.10 Å². The van der Waals surface area contributed by atoms with Gasteiger partial charge in [0.25, 0.3) is 5.95 Å². The molecule has 2 saturated heterocycles. The van der Waals surface area contributed by atoms with E-state index in [9.17, 15) is 5.11 Å². The van der Waals surface area contributed by atoms with Crippen LogP contribution in [0.5, 0.6) is 0 Å². The zero-order valence-corrected chi connectivity index (χ0v) is 17.6. The summed E-state index contributed by atoms with van der Waals surface area (Å²) in [6, 6.07) is 10.9. The second-order valence-electron chi connectivity index (χ2n) is 8.57. The third kappa shape index (κ3) is 4.97. The van der Waals surface area contributed by atoms with Crippen LogP contribution in [0.3, 0.4) is 0 Å². The van der Waals surface area contributed by atoms with Gasteiger partial charge in [0.15, 0.2) is 0 Å². The SMILES string of the molecule is CC(C)c1nc(N2CC[C@@H](N3CCN(CCc4ccccc4)CC3)[C@H](O)C2)no1. The zero-order valence-electron chi connectivity index (χ0n) is 17.6. The number of aliphatic hydroxyl groups excluding tert-OH is 1. The molecule has 0 bridgehead atoms. The number of β-amino-alcohol motifs (C(OH)–C–C–N with tert-alkyl or cyclic N) is 1. The molecule has 2 fully saturated rings. The summed E-state index contributed by atoms with van der Waals surface area (Å²) in [6.45, 7) is 10.8. The van der Waals surface area contributed by atoms with Gasteiger partial charge in [0.1, 0.15) is 0 Å². The Labute approximate surface area is 173 Å². The number of aromatic nitrogens is 2. The molecule has 7 heteroatoms. The Morgan fingerprint density at radius 2 is 1.86 bits per heavy atom. The summed E-state index contributed by atoms with van der Waals surface area (Å²) in [6.07, 6.45) is 1.64. The van der Waals surface area contributed by atoms with Gasteiger partial charge in [0, 0.05) is 57.8 Å². The Morgan fingerprint density at radius 3 is 2.52 bits per heavy atom. The maximum absolute atomic E-state index is 10.8. The van der Waals surface area contributed by atoms with Crippen LogP contribution in [0.25, 0.3) is 0 Å². The van der Waals surface area contributed by atoms with Crippen LogP contribution in [-0.4, -0.2) is 83.0 Å². The first-order valence-electron chi connectivity index (χ1n) is 10.9. The molecule has 0 amide bonds. The predicted octanol–water partition coefficient (Wildman–Crippen LogP) is 1.99. The number of piperazine rings is 1. The molecule has 2 aliphatic rings. The van der Waals surface area contributed by atoms with E-state index in [0.717, 1.165) is 52.1 Å². The summed E-state index contributed by atoms with van der Waals surface area (Å²) < 4.78 is 5.32. The van der Waals surface area contributed by atoms with Crippen LogP contribution >= 0.6 is 0 Å². The summed E-state index contributed by atoms with van der Waals surface area (Å²) in [5, 5.41) is 14.9. The summed E-state index contributed by atoms with van der Waals surface area (Å²) in [4.78, 5) is 11.5. The number of aliphatic hydroxyl groups is 1. The molecule has 1 aromatic heterocycles. The Balaban J connectivity index is 1.24. The number of anilines is 1. The molecule has 0 aliphatic carbocycles. The largest absolute Gasteiger partial charge is 0.390 e. The lowest BCUT2D eigenvalue weighted by Gasteiger charge is -2.44. The van der Waals surface area contributed by atoms with E-state index in [1.165, 1.54) is 5.56 Å². The van der Waals surface area contributed by atoms with Crippen LogP contribution in [0.4, 0.5) is 5.95 Å². The highest BCUT2D eigenvalue weighted by Crippen LogP contribution is 2.23. The summed E-state index contributed by atoms with van der Waals surface area (Å²) in [7, 11) is 0. The van der Waals surface area contributed by atoms with E-state index in [4.69, 9.17) is 4.52 Å². The minimum absolute atomic E-state index is 0.219. The fraction of sp³-hybridized carbons (Fsp3) is 0.636. The highest BCUT2D eigenvalue weighted by atomic mass is 16.5. The van der Waals surface area contributed by atoms with Crippen LogP contribution in [0, 0.1) is 0 Å². The average molecular weight is 400 g/mol. The lowest BCUT2D eigenvalue weighted by Crippen LogP contribution is -2.59. The Morgan fingerprint density at radius 1 is 1.10 bits per heavy atom. The molecule has 2 aliphatic heterocycles. The van der Waals surface area contributed by atoms with E-state index in [1.54, 1.807) is 0 Å². The molecule has 158 valence electrons. The molecular weight excluding hydrogens is 366 g/mol. The van der Waals surface area contributed by atoms with Crippen molar-refractivity contribution in [3.63, 3.8) is 0 Å². The van der Waals surface area contributed by atoms with Gasteiger partial charge in [0.2, 0.25) is 5.89 Å². The molecule has 0 spiro atoms. The number of hydrogen-bond acceptors (Lipinski definition) is 7. The molecular formula is C22H33N5O2. The molecule has 29 heavy (non-hydrogen) atoms. The summed E-state index contributed by atoms with van der Waals surface area (Å²) in [5.41, 5.74) is 1.40. The van der Waals surface area contributed by atoms with Crippen molar-refractivity contribution in [3.05, 3.63) is 41.8 Å². The van der Waals surface area contributed by atoms with Crippen LogP contribution in [0.2, 0.25) is 0 Å². The molecule has 7 nitrogen and oxygen atoms in total. The fourth-order valence-electron chi connectivity index (χ4n) is 4.37. The van der Waals surface area contributed by atoms with E-state index >= 15 is 0 Å². The lowest BCUT2D eigenvalue weighted by atomic mass is 9.99. The normalized spacial score (nSPS) is 24.3. The highest BCUT2D eigenvalue weighted by Gasteiger charge is 2.35. The molecule has 2 aromatic rings. The van der Waals surface area contributed by atoms with Crippen LogP contribution in [0.15, 0.2) is 34.9 Å². The van der Waals surface area contributed by atoms with Gasteiger partial charge in [-0.25, -0.2) is 0 Å². The summed E-state index contributed by atoms with van der Waals surface area (Å²) >= 11 is 0. The minimum Gasteiger partial charge on any atom is -0.390 e. The Bertz CT molecular complexity index is 758. The van der Waals surface area contributed by atoms with Crippen molar-refractivity contribution in [1.82, 2.24) is 19.9 Å². The van der Waals surface area contributed by atoms with Crippen molar-refractivity contribution in [2.75, 3.05) is 50.7 Å². The van der Waals surface area contributed by atoms with E-state index in [1.807, 2.05) is 18.7 Å². The van der Waals surface area contributed by atoms with E-state index in [-0.39, 0.29) is 18.1 Å². The van der Waals surface area contributed by atoms with Gasteiger partial charge >= 0.3 is 0 Å². The minimum atomic E-state index is -0.388. The van der Waals surface area contributed by atoms with Crippen molar-refractivity contribution in [1.29, 1.82) is 0 Å². The van der Waals surface area contributed by atoms with Crippen molar-refractivity contribution < 1.29 is 9.63 Å². The zero-order chi connectivity index (χ0) is 20.2. The van der Waals surface area contributed by atoms with Crippen molar-refractivity contribution >= 4 is 5.95 Å². The monoisotopic (exact) mass is 399 g/mol. The first-order chi connectivity index (χ1) is 14.1. The third-order valence-corrected chi connectivity index (χ3v) is 6.19. The van der Waals surface area contributed by atoms with Gasteiger partial charge in [-0.3, -0.25) is 4.90 Å². The smallest absolute Gasteiger partial charge is 0.266 e. The highest BCUT2D eigenvalue weighted by molar-refractivity contribution is 5.30. The maximum Gasteiger partial charge on any atom is 0.266 e. The molecule has 1 aromatic carbocycles. The van der Waals surface area contributed by atoms with Crippen molar-refractivity contribution in [3.8, 4) is 0 Å². The van der Waals surface area contributed by atoms with Gasteiger partial charge in [-0.1, -0.05) is 44.2 Å². The van der Waals surface area contributed by atoms with Gasteiger partial charge in [-0.15, -0.1) is 0 Å². The van der Waals surface area contributed by atoms with Gasteiger partial charge in [-0.05, 0) is 23.6 Å². The molecule has 2 atom stereocenters. The number of rotatable bonds is 6. The maximum atomic E-state index is 10.8. The predicted molar refractivity (Wildman–Crippen MR) is 113 cm³/mol. The van der Waals surface area contributed by atoms with E-state index in [0.29, 0.717) is 18.4 Å². The molecule has 1 N–H and O–H groups in total. The van der Waals surface area contributed by atoms with E-state index < -0.39 is 0 Å². The molecule has 0 radical (unpaired) electrons. The number of benzene rings is 1. The second-order valence-corrected chi connectivity index (χ2v) is 8.57. The average Bonchev–Trinajstić information content (AvgIpc) is 3.24. The Hall–Kier alpha value is -1.96. The fourth-order valence-corrected chi connectivity index (χ4v) is 4.37. The van der Waals surface area contributed by atoms with E-state index in [2.05, 4.69) is 50.3 Å². The number of piperidine rings is 1. The third-order valence-electron chi connectivity index (χ3n) is 6.19. The molecule has 3 heterocycles. The molecule has 4 rings (SSSR count). The Kier molecular flexibility index (Phi) is 6.47. The quantitative estimate of drug-likeness (QED) is 0.797. The topological polar surface area (TPSA) is 68.9 Å². The van der Waals surface area contributed by atoms with Gasteiger partial charge in [-0.2, -0.15) is 4.98 Å². The van der Waals surface area contributed by atoms with Crippen molar-refractivity contribution in [2.24, 2.45) is 0 Å². The van der Waals surface area contributed by atoms with Gasteiger partial charge < -0.3 is 19.4 Å². The first kappa shape index (κ1) is 20.3. The first-order valence-corrected chi connectivity index (χ1v) is 10.9.